The molecule has 3 rings (SSSR count). The van der Waals surface area contributed by atoms with Crippen LogP contribution in [-0.4, -0.2) is 35.2 Å². The molecular formula is C29H38N4O3. The van der Waals surface area contributed by atoms with E-state index < -0.39 is 11.7 Å². The molecule has 36 heavy (non-hydrogen) atoms. The molecule has 4 N–H and O–H groups in total. The standard InChI is InChI=1S/C24H27N3O.C5H11NO2/c28-24(27-19-22-14-7-15-25-18-22)23(17-21-11-5-2-6-12-21)26-16-8-13-20-9-3-1-4-10-20;1-5(2,3)8-4(6)7/h1-7,9-12,14-15,18,23,26H,8,13,16-17,19H2,(H,27,28);1-3H3,(H2,6,7). The Kier molecular flexibility index (Phi) is 12.1. The summed E-state index contributed by atoms with van der Waals surface area (Å²) in [6, 6.07) is 24.2. The van der Waals surface area contributed by atoms with Crippen LogP contribution < -0.4 is 16.4 Å². The number of benzene rings is 2. The summed E-state index contributed by atoms with van der Waals surface area (Å²) < 4.78 is 4.58. The van der Waals surface area contributed by atoms with Gasteiger partial charge in [0.1, 0.15) is 5.60 Å². The number of aromatic nitrogens is 1. The number of ether oxygens (including phenoxy) is 1. The molecule has 0 saturated heterocycles. The van der Waals surface area contributed by atoms with Gasteiger partial charge in [-0.05, 0) is 69.3 Å². The highest BCUT2D eigenvalue weighted by Gasteiger charge is 2.18. The van der Waals surface area contributed by atoms with Gasteiger partial charge in [0.25, 0.3) is 0 Å². The fourth-order valence-electron chi connectivity index (χ4n) is 3.44. The quantitative estimate of drug-likeness (QED) is 0.365. The van der Waals surface area contributed by atoms with Gasteiger partial charge in [-0.25, -0.2) is 4.79 Å². The number of hydrogen-bond donors (Lipinski definition) is 3. The first-order valence-corrected chi connectivity index (χ1v) is 12.2. The molecule has 7 nitrogen and oxygen atoms in total. The summed E-state index contributed by atoms with van der Waals surface area (Å²) in [6.07, 6.45) is 5.45. The van der Waals surface area contributed by atoms with Gasteiger partial charge in [0.05, 0.1) is 6.04 Å². The second-order valence-corrected chi connectivity index (χ2v) is 9.40. The van der Waals surface area contributed by atoms with Crippen LogP contribution >= 0.6 is 0 Å². The van der Waals surface area contributed by atoms with Gasteiger partial charge >= 0.3 is 6.09 Å². The summed E-state index contributed by atoms with van der Waals surface area (Å²) in [5.74, 6) is 0.0208. The first kappa shape index (κ1) is 28.5. The molecule has 1 unspecified atom stereocenters. The number of rotatable bonds is 10. The zero-order chi connectivity index (χ0) is 26.2. The van der Waals surface area contributed by atoms with E-state index in [4.69, 9.17) is 5.73 Å². The van der Waals surface area contributed by atoms with E-state index in [1.165, 1.54) is 5.56 Å². The molecule has 1 heterocycles. The normalized spacial score (nSPS) is 11.5. The van der Waals surface area contributed by atoms with Crippen LogP contribution in [0.4, 0.5) is 4.79 Å². The molecule has 0 aliphatic heterocycles. The average Bonchev–Trinajstić information content (AvgIpc) is 2.85. The Balaban J connectivity index is 0.000000493. The zero-order valence-corrected chi connectivity index (χ0v) is 21.4. The largest absolute Gasteiger partial charge is 0.444 e. The Hall–Kier alpha value is -3.71. The molecule has 7 heteroatoms. The number of pyridine rings is 1. The number of carbonyl (C=O) groups excluding carboxylic acids is 2. The van der Waals surface area contributed by atoms with Gasteiger partial charge in [0, 0.05) is 18.9 Å². The third-order valence-corrected chi connectivity index (χ3v) is 5.07. The van der Waals surface area contributed by atoms with Crippen LogP contribution in [0.25, 0.3) is 0 Å². The molecule has 0 aliphatic carbocycles. The van der Waals surface area contributed by atoms with Crippen molar-refractivity contribution in [1.29, 1.82) is 0 Å². The summed E-state index contributed by atoms with van der Waals surface area (Å²) in [6.45, 7) is 6.57. The number of nitrogens with one attached hydrogen (secondary N) is 2. The number of nitrogens with two attached hydrogens (primary N) is 1. The van der Waals surface area contributed by atoms with Crippen molar-refractivity contribution in [2.24, 2.45) is 5.73 Å². The second kappa shape index (κ2) is 15.3. The molecule has 0 bridgehead atoms. The Morgan fingerprint density at radius 3 is 2.06 bits per heavy atom. The van der Waals surface area contributed by atoms with E-state index in [2.05, 4.69) is 56.8 Å². The first-order chi connectivity index (χ1) is 17.2. The monoisotopic (exact) mass is 490 g/mol. The highest BCUT2D eigenvalue weighted by Crippen LogP contribution is 2.06. The minimum Gasteiger partial charge on any atom is -0.444 e. The van der Waals surface area contributed by atoms with Gasteiger partial charge in [0.15, 0.2) is 0 Å². The van der Waals surface area contributed by atoms with E-state index in [9.17, 15) is 9.59 Å². The van der Waals surface area contributed by atoms with Crippen LogP contribution in [0.5, 0.6) is 0 Å². The van der Waals surface area contributed by atoms with Crippen molar-refractivity contribution < 1.29 is 14.3 Å². The number of aryl methyl sites for hydroxylation is 1. The van der Waals surface area contributed by atoms with Crippen molar-refractivity contribution in [3.8, 4) is 0 Å². The molecular weight excluding hydrogens is 452 g/mol. The third-order valence-electron chi connectivity index (χ3n) is 5.07. The molecule has 1 atom stereocenters. The van der Waals surface area contributed by atoms with Crippen molar-refractivity contribution in [2.45, 2.75) is 58.2 Å². The second-order valence-electron chi connectivity index (χ2n) is 9.40. The third kappa shape index (κ3) is 12.7. The molecule has 0 aliphatic rings. The summed E-state index contributed by atoms with van der Waals surface area (Å²) in [5.41, 5.74) is 7.74. The van der Waals surface area contributed by atoms with E-state index in [0.717, 1.165) is 30.5 Å². The minimum absolute atomic E-state index is 0.0208. The van der Waals surface area contributed by atoms with Gasteiger partial charge in [-0.2, -0.15) is 0 Å². The number of hydrogen-bond acceptors (Lipinski definition) is 5. The summed E-state index contributed by atoms with van der Waals surface area (Å²) in [5, 5.41) is 6.48. The van der Waals surface area contributed by atoms with Crippen molar-refractivity contribution in [3.05, 3.63) is 102 Å². The molecule has 0 radical (unpaired) electrons. The van der Waals surface area contributed by atoms with Crippen LogP contribution in [0.3, 0.4) is 0 Å². The topological polar surface area (TPSA) is 106 Å². The SMILES string of the molecule is CC(C)(C)OC(N)=O.O=C(NCc1cccnc1)C(Cc1ccccc1)NCCCc1ccccc1. The molecule has 2 aromatic carbocycles. The maximum Gasteiger partial charge on any atom is 0.405 e. The fraction of sp³-hybridized carbons (Fsp3) is 0.345. The lowest BCUT2D eigenvalue weighted by atomic mass is 10.0. The summed E-state index contributed by atoms with van der Waals surface area (Å²) in [7, 11) is 0. The molecule has 0 fully saturated rings. The van der Waals surface area contributed by atoms with E-state index in [0.29, 0.717) is 13.0 Å². The fourth-order valence-corrected chi connectivity index (χ4v) is 3.44. The van der Waals surface area contributed by atoms with Gasteiger partial charge in [0.2, 0.25) is 5.91 Å². The lowest BCUT2D eigenvalue weighted by Crippen LogP contribution is -2.45. The van der Waals surface area contributed by atoms with Crippen LogP contribution in [0.2, 0.25) is 0 Å². The van der Waals surface area contributed by atoms with Crippen LogP contribution in [0, 0.1) is 0 Å². The first-order valence-electron chi connectivity index (χ1n) is 12.2. The Labute approximate surface area is 214 Å². The van der Waals surface area contributed by atoms with Crippen molar-refractivity contribution in [2.75, 3.05) is 6.54 Å². The number of primary amides is 1. The summed E-state index contributed by atoms with van der Waals surface area (Å²) in [4.78, 5) is 26.9. The van der Waals surface area contributed by atoms with Crippen molar-refractivity contribution in [3.63, 3.8) is 0 Å². The Morgan fingerprint density at radius 1 is 0.917 bits per heavy atom. The number of amides is 2. The van der Waals surface area contributed by atoms with E-state index in [-0.39, 0.29) is 11.9 Å². The Morgan fingerprint density at radius 2 is 1.53 bits per heavy atom. The predicted octanol–water partition coefficient (Wildman–Crippen LogP) is 4.41. The van der Waals surface area contributed by atoms with Gasteiger partial charge in [-0.1, -0.05) is 66.7 Å². The molecule has 2 amide bonds. The van der Waals surface area contributed by atoms with E-state index in [1.807, 2.05) is 36.4 Å². The smallest absolute Gasteiger partial charge is 0.405 e. The van der Waals surface area contributed by atoms with Crippen LogP contribution in [0.15, 0.2) is 85.2 Å². The van der Waals surface area contributed by atoms with Crippen molar-refractivity contribution in [1.82, 2.24) is 15.6 Å². The van der Waals surface area contributed by atoms with Gasteiger partial charge < -0.3 is 21.1 Å². The highest BCUT2D eigenvalue weighted by molar-refractivity contribution is 5.82. The zero-order valence-electron chi connectivity index (χ0n) is 21.4. The number of nitrogens with zero attached hydrogens (tertiary/aromatic N) is 1. The summed E-state index contributed by atoms with van der Waals surface area (Å²) >= 11 is 0. The molecule has 192 valence electrons. The maximum atomic E-state index is 12.8. The van der Waals surface area contributed by atoms with Crippen molar-refractivity contribution >= 4 is 12.0 Å². The van der Waals surface area contributed by atoms with Crippen LogP contribution in [0.1, 0.15) is 43.9 Å². The minimum atomic E-state index is -0.725. The van der Waals surface area contributed by atoms with E-state index in [1.54, 1.807) is 33.2 Å². The molecule has 1 aromatic heterocycles. The lowest BCUT2D eigenvalue weighted by Gasteiger charge is -2.19. The maximum absolute atomic E-state index is 12.8. The lowest BCUT2D eigenvalue weighted by molar-refractivity contribution is -0.123. The average molecular weight is 491 g/mol. The number of carbonyl (C=O) groups is 2. The predicted molar refractivity (Wildman–Crippen MR) is 143 cm³/mol. The Bertz CT molecular complexity index is 1020. The van der Waals surface area contributed by atoms with Gasteiger partial charge in [-0.15, -0.1) is 0 Å². The molecule has 3 aromatic rings. The highest BCUT2D eigenvalue weighted by atomic mass is 16.6. The van der Waals surface area contributed by atoms with Crippen LogP contribution in [-0.2, 0) is 28.9 Å². The van der Waals surface area contributed by atoms with E-state index >= 15 is 0 Å². The molecule has 0 saturated carbocycles. The molecule has 0 spiro atoms. The van der Waals surface area contributed by atoms with Gasteiger partial charge in [-0.3, -0.25) is 9.78 Å².